The molecule has 0 saturated carbocycles. The number of likely N-dealkylation sites (tertiary alicyclic amines) is 1. The van der Waals surface area contributed by atoms with Crippen molar-refractivity contribution in [1.82, 2.24) is 24.9 Å². The number of hydrogen-bond acceptors (Lipinski definition) is 3. The van der Waals surface area contributed by atoms with Crippen molar-refractivity contribution in [3.05, 3.63) is 17.5 Å². The minimum Gasteiger partial charge on any atom is -0.334 e. The van der Waals surface area contributed by atoms with Crippen LogP contribution in [-0.4, -0.2) is 65.4 Å². The number of carbonyl (C=O) groups is 1. The fourth-order valence-electron chi connectivity index (χ4n) is 3.20. The smallest absolute Gasteiger partial charge is 0.317 e. The quantitative estimate of drug-likeness (QED) is 0.901. The average Bonchev–Trinajstić information content (AvgIpc) is 2.79. The van der Waals surface area contributed by atoms with Crippen LogP contribution in [-0.2, 0) is 6.54 Å². The van der Waals surface area contributed by atoms with E-state index < -0.39 is 0 Å². The fraction of sp³-hybridized carbons (Fsp3) is 0.765. The zero-order chi connectivity index (χ0) is 17.0. The summed E-state index contributed by atoms with van der Waals surface area (Å²) < 4.78 is 1.96. The normalized spacial score (nSPS) is 18.0. The van der Waals surface area contributed by atoms with E-state index in [1.807, 2.05) is 37.4 Å². The summed E-state index contributed by atoms with van der Waals surface area (Å²) in [5.41, 5.74) is 2.14. The molecule has 2 amide bonds. The van der Waals surface area contributed by atoms with Crippen molar-refractivity contribution in [2.75, 3.05) is 33.7 Å². The molecule has 0 unspecified atom stereocenters. The first-order chi connectivity index (χ1) is 10.8. The second kappa shape index (κ2) is 7.81. The van der Waals surface area contributed by atoms with Gasteiger partial charge in [-0.2, -0.15) is 5.10 Å². The van der Waals surface area contributed by atoms with Crippen molar-refractivity contribution < 1.29 is 4.79 Å². The molecule has 1 fully saturated rings. The van der Waals surface area contributed by atoms with Gasteiger partial charge in [-0.3, -0.25) is 4.68 Å². The lowest BCUT2D eigenvalue weighted by Gasteiger charge is -2.32. The number of nitrogens with one attached hydrogen (secondary N) is 1. The molecule has 1 aliphatic heterocycles. The van der Waals surface area contributed by atoms with Gasteiger partial charge in [0.1, 0.15) is 0 Å². The fourth-order valence-corrected chi connectivity index (χ4v) is 3.20. The van der Waals surface area contributed by atoms with E-state index in [0.717, 1.165) is 31.0 Å². The van der Waals surface area contributed by atoms with Crippen molar-refractivity contribution in [2.24, 2.45) is 5.92 Å². The van der Waals surface area contributed by atoms with Crippen LogP contribution >= 0.6 is 0 Å². The highest BCUT2D eigenvalue weighted by atomic mass is 16.2. The number of amides is 2. The predicted octanol–water partition coefficient (Wildman–Crippen LogP) is 1.87. The Morgan fingerprint density at radius 1 is 1.43 bits per heavy atom. The van der Waals surface area contributed by atoms with Gasteiger partial charge in [0.05, 0.1) is 12.2 Å². The van der Waals surface area contributed by atoms with E-state index in [1.165, 1.54) is 12.8 Å². The first-order valence-corrected chi connectivity index (χ1v) is 8.56. The molecular weight excluding hydrogens is 290 g/mol. The predicted molar refractivity (Wildman–Crippen MR) is 92.5 cm³/mol. The van der Waals surface area contributed by atoms with E-state index in [1.54, 1.807) is 0 Å². The third-order valence-corrected chi connectivity index (χ3v) is 4.64. The van der Waals surface area contributed by atoms with Gasteiger partial charge in [0, 0.05) is 25.3 Å². The third kappa shape index (κ3) is 5.23. The van der Waals surface area contributed by atoms with Gasteiger partial charge in [0.15, 0.2) is 0 Å². The molecule has 6 nitrogen and oxygen atoms in total. The van der Waals surface area contributed by atoms with Crippen LogP contribution in [0.15, 0.2) is 6.07 Å². The lowest BCUT2D eigenvalue weighted by atomic mass is 9.97. The summed E-state index contributed by atoms with van der Waals surface area (Å²) in [6.07, 6.45) is 2.35. The SMILES string of the molecule is Cc1cc(C)n(C[C@H](C)NC(=O)N(C)CC2CCN(C)CC2)n1. The van der Waals surface area contributed by atoms with E-state index in [0.29, 0.717) is 12.5 Å². The van der Waals surface area contributed by atoms with Crippen LogP contribution in [0, 0.1) is 19.8 Å². The Bertz CT molecular complexity index is 519. The van der Waals surface area contributed by atoms with E-state index in [4.69, 9.17) is 0 Å². The summed E-state index contributed by atoms with van der Waals surface area (Å²) in [5, 5.41) is 7.53. The first kappa shape index (κ1) is 17.8. The molecule has 0 spiro atoms. The molecule has 1 N–H and O–H groups in total. The largest absolute Gasteiger partial charge is 0.334 e. The van der Waals surface area contributed by atoms with Crippen molar-refractivity contribution >= 4 is 6.03 Å². The molecule has 0 radical (unpaired) electrons. The monoisotopic (exact) mass is 321 g/mol. The maximum Gasteiger partial charge on any atom is 0.317 e. The van der Waals surface area contributed by atoms with E-state index in [9.17, 15) is 4.79 Å². The Labute approximate surface area is 139 Å². The van der Waals surface area contributed by atoms with E-state index in [-0.39, 0.29) is 12.1 Å². The standard InChI is InChI=1S/C17H31N5O/c1-13-10-15(3)22(19-13)11-14(2)18-17(23)21(5)12-16-6-8-20(4)9-7-16/h10,14,16H,6-9,11-12H2,1-5H3,(H,18,23)/t14-/m0/s1. The molecule has 0 bridgehead atoms. The topological polar surface area (TPSA) is 53.4 Å². The Kier molecular flexibility index (Phi) is 6.04. The van der Waals surface area contributed by atoms with Crippen LogP contribution < -0.4 is 5.32 Å². The summed E-state index contributed by atoms with van der Waals surface area (Å²) in [7, 11) is 4.05. The van der Waals surface area contributed by atoms with Crippen molar-refractivity contribution in [3.8, 4) is 0 Å². The highest BCUT2D eigenvalue weighted by Gasteiger charge is 2.21. The maximum atomic E-state index is 12.3. The molecule has 6 heteroatoms. The molecule has 1 saturated heterocycles. The molecule has 0 aromatic carbocycles. The second-order valence-corrected chi connectivity index (χ2v) is 7.09. The average molecular weight is 321 g/mol. The Morgan fingerprint density at radius 3 is 2.65 bits per heavy atom. The van der Waals surface area contributed by atoms with Crippen LogP contribution in [0.5, 0.6) is 0 Å². The van der Waals surface area contributed by atoms with Crippen molar-refractivity contribution in [1.29, 1.82) is 0 Å². The summed E-state index contributed by atoms with van der Waals surface area (Å²) >= 11 is 0. The molecule has 0 aliphatic carbocycles. The second-order valence-electron chi connectivity index (χ2n) is 7.09. The molecule has 2 heterocycles. The van der Waals surface area contributed by atoms with E-state index in [2.05, 4.69) is 28.4 Å². The summed E-state index contributed by atoms with van der Waals surface area (Å²) in [4.78, 5) is 16.5. The van der Waals surface area contributed by atoms with Gasteiger partial charge in [-0.15, -0.1) is 0 Å². The highest BCUT2D eigenvalue weighted by molar-refractivity contribution is 5.74. The van der Waals surface area contributed by atoms with Gasteiger partial charge in [0.2, 0.25) is 0 Å². The Balaban J connectivity index is 1.77. The zero-order valence-electron chi connectivity index (χ0n) is 15.2. The summed E-state index contributed by atoms with van der Waals surface area (Å²) in [6, 6.07) is 2.12. The van der Waals surface area contributed by atoms with Crippen LogP contribution in [0.4, 0.5) is 4.79 Å². The van der Waals surface area contributed by atoms with Crippen LogP contribution in [0.3, 0.4) is 0 Å². The lowest BCUT2D eigenvalue weighted by Crippen LogP contribution is -2.46. The first-order valence-electron chi connectivity index (χ1n) is 8.56. The van der Waals surface area contributed by atoms with Crippen LogP contribution in [0.2, 0.25) is 0 Å². The number of nitrogens with zero attached hydrogens (tertiary/aromatic N) is 4. The van der Waals surface area contributed by atoms with Gasteiger partial charge >= 0.3 is 6.03 Å². The van der Waals surface area contributed by atoms with Crippen LogP contribution in [0.25, 0.3) is 0 Å². The van der Waals surface area contributed by atoms with Gasteiger partial charge < -0.3 is 15.1 Å². The van der Waals surface area contributed by atoms with Gasteiger partial charge in [-0.25, -0.2) is 4.79 Å². The van der Waals surface area contributed by atoms with E-state index >= 15 is 0 Å². The summed E-state index contributed by atoms with van der Waals surface area (Å²) in [5.74, 6) is 0.619. The Morgan fingerprint density at radius 2 is 2.09 bits per heavy atom. The third-order valence-electron chi connectivity index (χ3n) is 4.64. The number of hydrogen-bond donors (Lipinski definition) is 1. The maximum absolute atomic E-state index is 12.3. The number of aromatic nitrogens is 2. The molecule has 1 aliphatic rings. The number of carbonyl (C=O) groups excluding carboxylic acids is 1. The molecular formula is C17H31N5O. The lowest BCUT2D eigenvalue weighted by molar-refractivity contribution is 0.168. The van der Waals surface area contributed by atoms with Gasteiger partial charge in [0.25, 0.3) is 0 Å². The molecule has 1 atom stereocenters. The zero-order valence-corrected chi connectivity index (χ0v) is 15.2. The number of urea groups is 1. The minimum absolute atomic E-state index is 0.0120. The van der Waals surface area contributed by atoms with Gasteiger partial charge in [-0.1, -0.05) is 0 Å². The molecule has 2 rings (SSSR count). The number of aryl methyl sites for hydroxylation is 2. The molecule has 130 valence electrons. The summed E-state index contributed by atoms with van der Waals surface area (Å²) in [6.45, 7) is 9.86. The van der Waals surface area contributed by atoms with Gasteiger partial charge in [-0.05, 0) is 65.7 Å². The Hall–Kier alpha value is -1.56. The van der Waals surface area contributed by atoms with Crippen molar-refractivity contribution in [3.63, 3.8) is 0 Å². The van der Waals surface area contributed by atoms with Crippen molar-refractivity contribution in [2.45, 2.75) is 46.2 Å². The highest BCUT2D eigenvalue weighted by Crippen LogP contribution is 2.16. The minimum atomic E-state index is 0.0120. The number of rotatable bonds is 5. The van der Waals surface area contributed by atoms with Crippen LogP contribution in [0.1, 0.15) is 31.2 Å². The molecule has 23 heavy (non-hydrogen) atoms. The molecule has 1 aromatic heterocycles. The number of piperidine rings is 1. The molecule has 1 aromatic rings.